The Morgan fingerprint density at radius 2 is 1.94 bits per heavy atom. The fourth-order valence-electron chi connectivity index (χ4n) is 2.71. The topological polar surface area (TPSA) is 38.5 Å². The highest BCUT2D eigenvalue weighted by Crippen LogP contribution is 2.22. The van der Waals surface area contributed by atoms with Gasteiger partial charge in [-0.3, -0.25) is 4.90 Å². The van der Waals surface area contributed by atoms with Crippen molar-refractivity contribution < 1.29 is 4.74 Å². The van der Waals surface area contributed by atoms with Crippen LogP contribution >= 0.6 is 0 Å². The molecule has 0 aliphatic carbocycles. The van der Waals surface area contributed by atoms with Crippen molar-refractivity contribution in [2.24, 2.45) is 11.7 Å². The summed E-state index contributed by atoms with van der Waals surface area (Å²) in [5.41, 5.74) is 7.26. The van der Waals surface area contributed by atoms with Crippen molar-refractivity contribution in [3.63, 3.8) is 0 Å². The number of hydrogen-bond donors (Lipinski definition) is 1. The molecule has 1 aliphatic rings. The Bertz CT molecular complexity index is 336. The highest BCUT2D eigenvalue weighted by Gasteiger charge is 2.20. The molecule has 2 rings (SSSR count). The van der Waals surface area contributed by atoms with E-state index in [2.05, 4.69) is 42.3 Å². The van der Waals surface area contributed by atoms with Crippen LogP contribution < -0.4 is 5.73 Å². The number of nitrogens with zero attached hydrogens (tertiary/aromatic N) is 1. The summed E-state index contributed by atoms with van der Waals surface area (Å²) in [6.07, 6.45) is 2.35. The van der Waals surface area contributed by atoms with Crippen molar-refractivity contribution in [2.45, 2.75) is 18.9 Å². The van der Waals surface area contributed by atoms with Gasteiger partial charge in [-0.25, -0.2) is 0 Å². The van der Waals surface area contributed by atoms with E-state index in [0.717, 1.165) is 25.7 Å². The van der Waals surface area contributed by atoms with E-state index in [1.165, 1.54) is 18.4 Å². The van der Waals surface area contributed by atoms with Crippen LogP contribution in [-0.2, 0) is 4.74 Å². The monoisotopic (exact) mass is 248 g/mol. The first-order valence-corrected chi connectivity index (χ1v) is 6.84. The largest absolute Gasteiger partial charge is 0.381 e. The first-order valence-electron chi connectivity index (χ1n) is 6.84. The summed E-state index contributed by atoms with van der Waals surface area (Å²) in [4.78, 5) is 2.39. The summed E-state index contributed by atoms with van der Waals surface area (Å²) >= 11 is 0. The zero-order chi connectivity index (χ0) is 12.8. The zero-order valence-electron chi connectivity index (χ0n) is 11.2. The number of nitrogens with two attached hydrogens (primary N) is 1. The Labute approximate surface area is 110 Å². The second kappa shape index (κ2) is 6.88. The molecule has 2 N–H and O–H groups in total. The van der Waals surface area contributed by atoms with E-state index >= 15 is 0 Å². The maximum Gasteiger partial charge on any atom is 0.0469 e. The van der Waals surface area contributed by atoms with Crippen molar-refractivity contribution >= 4 is 0 Å². The van der Waals surface area contributed by atoms with Crippen molar-refractivity contribution in [3.05, 3.63) is 35.9 Å². The second-order valence-corrected chi connectivity index (χ2v) is 5.16. The van der Waals surface area contributed by atoms with Gasteiger partial charge >= 0.3 is 0 Å². The van der Waals surface area contributed by atoms with Gasteiger partial charge in [-0.1, -0.05) is 30.3 Å². The molecule has 0 amide bonds. The lowest BCUT2D eigenvalue weighted by atomic mass is 9.98. The van der Waals surface area contributed by atoms with E-state index < -0.39 is 0 Å². The number of ether oxygens (including phenoxy) is 1. The van der Waals surface area contributed by atoms with Gasteiger partial charge in [-0.2, -0.15) is 0 Å². The van der Waals surface area contributed by atoms with Crippen LogP contribution in [0.3, 0.4) is 0 Å². The molecule has 1 heterocycles. The van der Waals surface area contributed by atoms with Crippen molar-refractivity contribution in [1.29, 1.82) is 0 Å². The summed E-state index contributed by atoms with van der Waals surface area (Å²) in [5, 5.41) is 0. The Balaban J connectivity index is 1.94. The Morgan fingerprint density at radius 1 is 1.28 bits per heavy atom. The van der Waals surface area contributed by atoms with Crippen LogP contribution in [0, 0.1) is 5.92 Å². The lowest BCUT2D eigenvalue weighted by Crippen LogP contribution is -2.35. The average Bonchev–Trinajstić information content (AvgIpc) is 2.42. The van der Waals surface area contributed by atoms with Crippen molar-refractivity contribution in [3.8, 4) is 0 Å². The molecule has 0 bridgehead atoms. The van der Waals surface area contributed by atoms with E-state index in [1.807, 2.05) is 0 Å². The van der Waals surface area contributed by atoms with Gasteiger partial charge in [0.2, 0.25) is 0 Å². The van der Waals surface area contributed by atoms with Gasteiger partial charge in [0.25, 0.3) is 0 Å². The minimum Gasteiger partial charge on any atom is -0.381 e. The number of benzene rings is 1. The van der Waals surface area contributed by atoms with Crippen LogP contribution in [0.4, 0.5) is 0 Å². The Morgan fingerprint density at radius 3 is 2.56 bits per heavy atom. The molecule has 0 radical (unpaired) electrons. The third-order valence-corrected chi connectivity index (χ3v) is 3.83. The van der Waals surface area contributed by atoms with E-state index in [-0.39, 0.29) is 0 Å². The normalized spacial score (nSPS) is 19.1. The number of likely N-dealkylation sites (N-methyl/N-ethyl adjacent to an activating group) is 1. The molecule has 1 aliphatic heterocycles. The Kier molecular flexibility index (Phi) is 5.17. The fourth-order valence-corrected chi connectivity index (χ4v) is 2.71. The van der Waals surface area contributed by atoms with E-state index in [4.69, 9.17) is 10.5 Å². The molecule has 1 aromatic rings. The molecule has 0 spiro atoms. The highest BCUT2D eigenvalue weighted by molar-refractivity contribution is 5.19. The molecule has 1 saturated heterocycles. The third kappa shape index (κ3) is 3.55. The van der Waals surface area contributed by atoms with Crippen LogP contribution in [0.5, 0.6) is 0 Å². The van der Waals surface area contributed by atoms with Crippen LogP contribution in [0.1, 0.15) is 24.4 Å². The standard InChI is InChI=1S/C15H24N2O/c1-17(12-13-7-9-18-10-8-13)15(11-16)14-5-3-2-4-6-14/h2-6,13,15H,7-12,16H2,1H3. The molecule has 100 valence electrons. The van der Waals surface area contributed by atoms with Gasteiger partial charge in [-0.15, -0.1) is 0 Å². The maximum absolute atomic E-state index is 5.94. The molecule has 1 aromatic carbocycles. The molecule has 1 atom stereocenters. The summed E-state index contributed by atoms with van der Waals surface area (Å²) in [6.45, 7) is 3.61. The Hall–Kier alpha value is -0.900. The van der Waals surface area contributed by atoms with Crippen LogP contribution in [0.25, 0.3) is 0 Å². The average molecular weight is 248 g/mol. The number of rotatable bonds is 5. The van der Waals surface area contributed by atoms with Crippen LogP contribution in [0.2, 0.25) is 0 Å². The van der Waals surface area contributed by atoms with E-state index in [0.29, 0.717) is 12.6 Å². The van der Waals surface area contributed by atoms with Gasteiger partial charge in [0.05, 0.1) is 0 Å². The zero-order valence-corrected chi connectivity index (χ0v) is 11.2. The highest BCUT2D eigenvalue weighted by atomic mass is 16.5. The third-order valence-electron chi connectivity index (χ3n) is 3.83. The predicted molar refractivity (Wildman–Crippen MR) is 74.4 cm³/mol. The maximum atomic E-state index is 5.94. The molecule has 3 heteroatoms. The molecule has 0 saturated carbocycles. The molecule has 1 unspecified atom stereocenters. The van der Waals surface area contributed by atoms with Crippen LogP contribution in [-0.4, -0.2) is 38.3 Å². The smallest absolute Gasteiger partial charge is 0.0469 e. The second-order valence-electron chi connectivity index (χ2n) is 5.16. The summed E-state index contributed by atoms with van der Waals surface area (Å²) in [5.74, 6) is 0.751. The molecule has 3 nitrogen and oxygen atoms in total. The van der Waals surface area contributed by atoms with Crippen molar-refractivity contribution in [1.82, 2.24) is 4.90 Å². The molecular formula is C15H24N2O. The lowest BCUT2D eigenvalue weighted by molar-refractivity contribution is 0.0507. The molecular weight excluding hydrogens is 224 g/mol. The van der Waals surface area contributed by atoms with Gasteiger partial charge in [0.15, 0.2) is 0 Å². The molecule has 1 fully saturated rings. The van der Waals surface area contributed by atoms with Crippen molar-refractivity contribution in [2.75, 3.05) is 33.4 Å². The number of hydrogen-bond acceptors (Lipinski definition) is 3. The minimum absolute atomic E-state index is 0.328. The predicted octanol–water partition coefficient (Wildman–Crippen LogP) is 2.04. The van der Waals surface area contributed by atoms with Gasteiger partial charge < -0.3 is 10.5 Å². The van der Waals surface area contributed by atoms with E-state index in [9.17, 15) is 0 Å². The minimum atomic E-state index is 0.328. The molecule has 0 aromatic heterocycles. The SMILES string of the molecule is CN(CC1CCOCC1)C(CN)c1ccccc1. The summed E-state index contributed by atoms with van der Waals surface area (Å²) in [6, 6.07) is 10.9. The quantitative estimate of drug-likeness (QED) is 0.866. The van der Waals surface area contributed by atoms with Gasteiger partial charge in [0, 0.05) is 32.3 Å². The fraction of sp³-hybridized carbons (Fsp3) is 0.600. The molecule has 18 heavy (non-hydrogen) atoms. The first-order chi connectivity index (χ1) is 8.81. The lowest BCUT2D eigenvalue weighted by Gasteiger charge is -2.32. The summed E-state index contributed by atoms with van der Waals surface area (Å²) < 4.78 is 5.41. The first kappa shape index (κ1) is 13.5. The van der Waals surface area contributed by atoms with Gasteiger partial charge in [0.1, 0.15) is 0 Å². The van der Waals surface area contributed by atoms with Gasteiger partial charge in [-0.05, 0) is 31.4 Å². The summed E-state index contributed by atoms with van der Waals surface area (Å²) in [7, 11) is 2.18. The van der Waals surface area contributed by atoms with Crippen LogP contribution in [0.15, 0.2) is 30.3 Å². The van der Waals surface area contributed by atoms with E-state index in [1.54, 1.807) is 0 Å².